The smallest absolute Gasteiger partial charge is 0.170 e. The fourth-order valence-corrected chi connectivity index (χ4v) is 4.92. The van der Waals surface area contributed by atoms with Crippen LogP contribution in [-0.4, -0.2) is 50.7 Å². The molecular formula is C30H30N6O. The first-order valence-corrected chi connectivity index (χ1v) is 12.7. The lowest BCUT2D eigenvalue weighted by Gasteiger charge is -2.32. The van der Waals surface area contributed by atoms with Crippen LogP contribution in [0.2, 0.25) is 0 Å². The number of likely N-dealkylation sites (tertiary alicyclic amines) is 1. The lowest BCUT2D eigenvalue weighted by Crippen LogP contribution is -2.38. The third kappa shape index (κ3) is 5.04. The summed E-state index contributed by atoms with van der Waals surface area (Å²) in [6.07, 6.45) is 3.94. The molecule has 37 heavy (non-hydrogen) atoms. The monoisotopic (exact) mass is 490 g/mol. The van der Waals surface area contributed by atoms with Crippen LogP contribution in [0.5, 0.6) is 5.75 Å². The molecule has 0 unspecified atom stereocenters. The van der Waals surface area contributed by atoms with Crippen LogP contribution in [0, 0.1) is 0 Å². The molecule has 1 aliphatic heterocycles. The molecule has 3 heterocycles. The average molecular weight is 491 g/mol. The van der Waals surface area contributed by atoms with Crippen molar-refractivity contribution >= 4 is 17.0 Å². The van der Waals surface area contributed by atoms with Crippen LogP contribution >= 0.6 is 0 Å². The number of fused-ring (bicyclic) bond motifs is 1. The van der Waals surface area contributed by atoms with Crippen molar-refractivity contribution in [3.05, 3.63) is 96.8 Å². The SMILES string of the molecule is COc1ccc(-c2nc(NC3CCN(Cc4ccccc4)CC3)c3ncn(-c4ccccc4)c3n2)cc1. The van der Waals surface area contributed by atoms with E-state index in [4.69, 9.17) is 19.7 Å². The number of ether oxygens (including phenoxy) is 1. The number of hydrogen-bond donors (Lipinski definition) is 1. The van der Waals surface area contributed by atoms with E-state index in [1.807, 2.05) is 53.4 Å². The van der Waals surface area contributed by atoms with Gasteiger partial charge in [-0.15, -0.1) is 0 Å². The summed E-state index contributed by atoms with van der Waals surface area (Å²) in [6.45, 7) is 3.09. The molecule has 0 atom stereocenters. The van der Waals surface area contributed by atoms with Gasteiger partial charge in [-0.25, -0.2) is 15.0 Å². The number of methoxy groups -OCH3 is 1. The van der Waals surface area contributed by atoms with Gasteiger partial charge < -0.3 is 10.1 Å². The van der Waals surface area contributed by atoms with Gasteiger partial charge in [0.2, 0.25) is 0 Å². The minimum Gasteiger partial charge on any atom is -0.497 e. The van der Waals surface area contributed by atoms with Gasteiger partial charge in [0, 0.05) is 36.9 Å². The molecular weight excluding hydrogens is 460 g/mol. The van der Waals surface area contributed by atoms with E-state index >= 15 is 0 Å². The van der Waals surface area contributed by atoms with Crippen LogP contribution < -0.4 is 10.1 Å². The zero-order chi connectivity index (χ0) is 25.0. The van der Waals surface area contributed by atoms with Crippen LogP contribution in [0.15, 0.2) is 91.3 Å². The van der Waals surface area contributed by atoms with Crippen molar-refractivity contribution in [2.45, 2.75) is 25.4 Å². The number of anilines is 1. The van der Waals surface area contributed by atoms with Crippen molar-refractivity contribution < 1.29 is 4.74 Å². The van der Waals surface area contributed by atoms with Crippen LogP contribution in [0.4, 0.5) is 5.82 Å². The Morgan fingerprint density at radius 2 is 1.57 bits per heavy atom. The van der Waals surface area contributed by atoms with Crippen molar-refractivity contribution in [1.82, 2.24) is 24.4 Å². The zero-order valence-corrected chi connectivity index (χ0v) is 20.9. The third-order valence-corrected chi connectivity index (χ3v) is 6.96. The summed E-state index contributed by atoms with van der Waals surface area (Å²) in [6, 6.07) is 29.1. The molecule has 0 aliphatic carbocycles. The number of nitrogens with one attached hydrogen (secondary N) is 1. The standard InChI is InChI=1S/C30H30N6O/c1-37-26-14-12-23(13-15-26)28-33-29(27-30(34-28)36(21-31-27)25-10-6-3-7-11-25)32-24-16-18-35(19-17-24)20-22-8-4-2-5-9-22/h2-15,21,24H,16-20H2,1H3,(H,32,33,34). The van der Waals surface area contributed by atoms with Gasteiger partial charge in [-0.3, -0.25) is 9.47 Å². The molecule has 1 fully saturated rings. The van der Waals surface area contributed by atoms with Crippen molar-refractivity contribution in [2.75, 3.05) is 25.5 Å². The Hall–Kier alpha value is -4.23. The number of imidazole rings is 1. The summed E-state index contributed by atoms with van der Waals surface area (Å²) >= 11 is 0. The van der Waals surface area contributed by atoms with Crippen LogP contribution in [0.3, 0.4) is 0 Å². The summed E-state index contributed by atoms with van der Waals surface area (Å²) in [5.41, 5.74) is 4.89. The summed E-state index contributed by atoms with van der Waals surface area (Å²) in [4.78, 5) is 17.2. The second kappa shape index (κ2) is 10.4. The fourth-order valence-electron chi connectivity index (χ4n) is 4.92. The van der Waals surface area contributed by atoms with E-state index in [1.165, 1.54) is 5.56 Å². The Labute approximate surface area is 216 Å². The summed E-state index contributed by atoms with van der Waals surface area (Å²) in [5.74, 6) is 2.25. The van der Waals surface area contributed by atoms with Gasteiger partial charge in [0.1, 0.15) is 12.1 Å². The topological polar surface area (TPSA) is 68.1 Å². The molecule has 0 bridgehead atoms. The molecule has 6 rings (SSSR count). The highest BCUT2D eigenvalue weighted by atomic mass is 16.5. The minimum absolute atomic E-state index is 0.329. The van der Waals surface area contributed by atoms with E-state index in [1.54, 1.807) is 7.11 Å². The number of aromatic nitrogens is 4. The fraction of sp³-hybridized carbons (Fsp3) is 0.233. The number of para-hydroxylation sites is 1. The molecule has 3 aromatic carbocycles. The minimum atomic E-state index is 0.329. The number of nitrogens with zero attached hydrogens (tertiary/aromatic N) is 5. The van der Waals surface area contributed by atoms with E-state index in [2.05, 4.69) is 52.7 Å². The van der Waals surface area contributed by atoms with Gasteiger partial charge in [0.25, 0.3) is 0 Å². The molecule has 1 aliphatic rings. The molecule has 186 valence electrons. The van der Waals surface area contributed by atoms with Crippen LogP contribution in [-0.2, 0) is 6.54 Å². The summed E-state index contributed by atoms with van der Waals surface area (Å²) in [5, 5.41) is 3.73. The second-order valence-corrected chi connectivity index (χ2v) is 9.43. The van der Waals surface area contributed by atoms with Crippen LogP contribution in [0.1, 0.15) is 18.4 Å². The van der Waals surface area contributed by atoms with Crippen LogP contribution in [0.25, 0.3) is 28.2 Å². The van der Waals surface area contributed by atoms with Gasteiger partial charge in [-0.1, -0.05) is 48.5 Å². The lowest BCUT2D eigenvalue weighted by atomic mass is 10.0. The van der Waals surface area contributed by atoms with Gasteiger partial charge in [0.05, 0.1) is 7.11 Å². The number of hydrogen-bond acceptors (Lipinski definition) is 6. The Bertz CT molecular complexity index is 1460. The second-order valence-electron chi connectivity index (χ2n) is 9.43. The normalized spacial score (nSPS) is 14.6. The predicted molar refractivity (Wildman–Crippen MR) is 147 cm³/mol. The number of benzene rings is 3. The number of piperidine rings is 1. The highest BCUT2D eigenvalue weighted by Gasteiger charge is 2.22. The van der Waals surface area contributed by atoms with Gasteiger partial charge in [0.15, 0.2) is 22.8 Å². The average Bonchev–Trinajstić information content (AvgIpc) is 3.40. The molecule has 0 radical (unpaired) electrons. The molecule has 5 aromatic rings. The number of rotatable bonds is 7. The maximum atomic E-state index is 5.34. The van der Waals surface area contributed by atoms with Crippen molar-refractivity contribution in [3.8, 4) is 22.8 Å². The largest absolute Gasteiger partial charge is 0.497 e. The van der Waals surface area contributed by atoms with Crippen molar-refractivity contribution in [3.63, 3.8) is 0 Å². The molecule has 0 spiro atoms. The summed E-state index contributed by atoms with van der Waals surface area (Å²) < 4.78 is 7.36. The maximum absolute atomic E-state index is 5.34. The van der Waals surface area contributed by atoms with E-state index in [9.17, 15) is 0 Å². The van der Waals surface area contributed by atoms with E-state index in [0.717, 1.165) is 66.5 Å². The first kappa shape index (κ1) is 23.2. The highest BCUT2D eigenvalue weighted by Crippen LogP contribution is 2.28. The Morgan fingerprint density at radius 3 is 2.27 bits per heavy atom. The molecule has 1 N–H and O–H groups in total. The third-order valence-electron chi connectivity index (χ3n) is 6.96. The molecule has 0 saturated carbocycles. The van der Waals surface area contributed by atoms with E-state index < -0.39 is 0 Å². The van der Waals surface area contributed by atoms with Gasteiger partial charge >= 0.3 is 0 Å². The van der Waals surface area contributed by atoms with E-state index in [0.29, 0.717) is 11.9 Å². The maximum Gasteiger partial charge on any atom is 0.170 e. The predicted octanol–water partition coefficient (Wildman–Crippen LogP) is 5.57. The van der Waals surface area contributed by atoms with Crippen molar-refractivity contribution in [1.29, 1.82) is 0 Å². The highest BCUT2D eigenvalue weighted by molar-refractivity contribution is 5.86. The first-order valence-electron chi connectivity index (χ1n) is 12.7. The molecule has 1 saturated heterocycles. The Morgan fingerprint density at radius 1 is 0.865 bits per heavy atom. The molecule has 7 heteroatoms. The Kier molecular flexibility index (Phi) is 6.52. The van der Waals surface area contributed by atoms with Gasteiger partial charge in [-0.2, -0.15) is 0 Å². The molecule has 7 nitrogen and oxygen atoms in total. The molecule has 2 aromatic heterocycles. The van der Waals surface area contributed by atoms with Gasteiger partial charge in [-0.05, 0) is 54.8 Å². The van der Waals surface area contributed by atoms with Crippen molar-refractivity contribution in [2.24, 2.45) is 0 Å². The quantitative estimate of drug-likeness (QED) is 0.322. The Balaban J connectivity index is 1.29. The first-order chi connectivity index (χ1) is 18.3. The van der Waals surface area contributed by atoms with E-state index in [-0.39, 0.29) is 0 Å². The zero-order valence-electron chi connectivity index (χ0n) is 20.9. The summed E-state index contributed by atoms with van der Waals surface area (Å²) in [7, 11) is 1.67. The lowest BCUT2D eigenvalue weighted by molar-refractivity contribution is 0.211. The molecule has 0 amide bonds.